The van der Waals surface area contributed by atoms with Crippen molar-refractivity contribution in [2.24, 2.45) is 0 Å². The summed E-state index contributed by atoms with van der Waals surface area (Å²) in [6.45, 7) is 4.54. The molecule has 3 unspecified atom stereocenters. The number of hydrogen-bond donors (Lipinski definition) is 1. The van der Waals surface area contributed by atoms with Gasteiger partial charge in [0, 0.05) is 32.7 Å². The minimum atomic E-state index is 0.626. The summed E-state index contributed by atoms with van der Waals surface area (Å²) in [7, 11) is 0. The van der Waals surface area contributed by atoms with E-state index in [2.05, 4.69) is 46.5 Å². The molecule has 0 bridgehead atoms. The maximum atomic E-state index is 3.57. The maximum Gasteiger partial charge on any atom is 0.0285 e. The van der Waals surface area contributed by atoms with E-state index in [0.29, 0.717) is 18.0 Å². The summed E-state index contributed by atoms with van der Waals surface area (Å²) in [6, 6.07) is 3.55. The van der Waals surface area contributed by atoms with Crippen LogP contribution < -0.4 is 5.32 Å². The van der Waals surface area contributed by atoms with Crippen LogP contribution in [0.15, 0.2) is 15.9 Å². The largest absolute Gasteiger partial charge is 0.311 e. The van der Waals surface area contributed by atoms with Crippen LogP contribution in [0.1, 0.15) is 31.1 Å². The molecule has 1 aromatic heterocycles. The monoisotopic (exact) mass is 259 g/mol. The molecule has 1 aromatic rings. The highest BCUT2D eigenvalue weighted by molar-refractivity contribution is 9.10. The summed E-state index contributed by atoms with van der Waals surface area (Å²) in [6.07, 6.45) is 1.27. The van der Waals surface area contributed by atoms with Crippen LogP contribution in [0.3, 0.4) is 0 Å². The van der Waals surface area contributed by atoms with E-state index in [-0.39, 0.29) is 0 Å². The van der Waals surface area contributed by atoms with E-state index in [1.54, 1.807) is 0 Å². The first-order chi connectivity index (χ1) is 6.16. The van der Waals surface area contributed by atoms with Crippen molar-refractivity contribution in [2.45, 2.75) is 38.3 Å². The van der Waals surface area contributed by atoms with Gasteiger partial charge in [0.25, 0.3) is 0 Å². The van der Waals surface area contributed by atoms with Crippen molar-refractivity contribution in [1.29, 1.82) is 0 Å². The minimum Gasteiger partial charge on any atom is -0.311 e. The van der Waals surface area contributed by atoms with E-state index in [4.69, 9.17) is 0 Å². The summed E-state index contributed by atoms with van der Waals surface area (Å²) in [5, 5.41) is 5.74. The molecule has 0 aromatic carbocycles. The van der Waals surface area contributed by atoms with Crippen molar-refractivity contribution in [3.63, 3.8) is 0 Å². The molecule has 2 heterocycles. The lowest BCUT2D eigenvalue weighted by Gasteiger charge is -2.11. The zero-order chi connectivity index (χ0) is 9.42. The molecule has 0 spiro atoms. The second-order valence-corrected chi connectivity index (χ2v) is 5.72. The number of rotatable bonds is 1. The molecule has 1 fully saturated rings. The van der Waals surface area contributed by atoms with E-state index in [0.717, 1.165) is 0 Å². The summed E-state index contributed by atoms with van der Waals surface area (Å²) >= 11 is 5.37. The van der Waals surface area contributed by atoms with Gasteiger partial charge in [-0.05, 0) is 42.3 Å². The molecule has 0 amide bonds. The first kappa shape index (κ1) is 9.69. The van der Waals surface area contributed by atoms with Crippen molar-refractivity contribution in [3.8, 4) is 0 Å². The quantitative estimate of drug-likeness (QED) is 0.816. The molecule has 13 heavy (non-hydrogen) atoms. The lowest BCUT2D eigenvalue weighted by molar-refractivity contribution is 0.578. The molecular weight excluding hydrogens is 246 g/mol. The summed E-state index contributed by atoms with van der Waals surface area (Å²) < 4.78 is 1.22. The van der Waals surface area contributed by atoms with Gasteiger partial charge in [0.2, 0.25) is 0 Å². The van der Waals surface area contributed by atoms with E-state index >= 15 is 0 Å². The van der Waals surface area contributed by atoms with Crippen LogP contribution in [0, 0.1) is 0 Å². The lowest BCUT2D eigenvalue weighted by Crippen LogP contribution is -2.25. The van der Waals surface area contributed by atoms with Gasteiger partial charge in [0.15, 0.2) is 0 Å². The fourth-order valence-corrected chi connectivity index (χ4v) is 3.77. The Labute approximate surface area is 91.7 Å². The van der Waals surface area contributed by atoms with E-state index < -0.39 is 0 Å². The van der Waals surface area contributed by atoms with Crippen LogP contribution in [0.25, 0.3) is 0 Å². The van der Waals surface area contributed by atoms with Crippen molar-refractivity contribution < 1.29 is 0 Å². The average Bonchev–Trinajstić information content (AvgIpc) is 2.58. The number of thiophene rings is 1. The zero-order valence-electron chi connectivity index (χ0n) is 7.88. The Kier molecular flexibility index (Phi) is 2.77. The third kappa shape index (κ3) is 1.97. The van der Waals surface area contributed by atoms with Crippen molar-refractivity contribution in [3.05, 3.63) is 20.8 Å². The molecule has 0 saturated carbocycles. The Morgan fingerprint density at radius 1 is 1.54 bits per heavy atom. The minimum absolute atomic E-state index is 0.626. The van der Waals surface area contributed by atoms with Crippen LogP contribution >= 0.6 is 27.3 Å². The first-order valence-corrected chi connectivity index (χ1v) is 6.34. The Morgan fingerprint density at radius 3 is 2.77 bits per heavy atom. The van der Waals surface area contributed by atoms with Gasteiger partial charge in [-0.1, -0.05) is 0 Å². The van der Waals surface area contributed by atoms with Gasteiger partial charge in [-0.15, -0.1) is 11.3 Å². The Balaban J connectivity index is 2.17. The summed E-state index contributed by atoms with van der Waals surface area (Å²) in [5.74, 6) is 0.714. The predicted molar refractivity (Wildman–Crippen MR) is 61.4 cm³/mol. The second-order valence-electron chi connectivity index (χ2n) is 3.87. The van der Waals surface area contributed by atoms with Crippen LogP contribution in [0.5, 0.6) is 0 Å². The Hall–Kier alpha value is 0.140. The van der Waals surface area contributed by atoms with Gasteiger partial charge < -0.3 is 5.32 Å². The second kappa shape index (κ2) is 3.71. The number of hydrogen-bond acceptors (Lipinski definition) is 2. The number of halogens is 1. The van der Waals surface area contributed by atoms with Gasteiger partial charge in [-0.3, -0.25) is 0 Å². The van der Waals surface area contributed by atoms with Crippen molar-refractivity contribution in [2.75, 3.05) is 0 Å². The van der Waals surface area contributed by atoms with Gasteiger partial charge in [0.1, 0.15) is 0 Å². The molecule has 1 N–H and O–H groups in total. The van der Waals surface area contributed by atoms with Crippen LogP contribution in [0.4, 0.5) is 0 Å². The molecule has 3 heteroatoms. The normalized spacial score (nSPS) is 33.9. The summed E-state index contributed by atoms with van der Waals surface area (Å²) in [5.41, 5.74) is 0. The highest BCUT2D eigenvalue weighted by Crippen LogP contribution is 2.35. The zero-order valence-corrected chi connectivity index (χ0v) is 10.3. The smallest absolute Gasteiger partial charge is 0.0285 e. The SMILES string of the molecule is CC1CC(c2cc(Br)cs2)C(C)N1. The van der Waals surface area contributed by atoms with Crippen LogP contribution in [-0.4, -0.2) is 12.1 Å². The van der Waals surface area contributed by atoms with E-state index in [1.807, 2.05) is 11.3 Å². The average molecular weight is 260 g/mol. The van der Waals surface area contributed by atoms with Gasteiger partial charge in [-0.25, -0.2) is 0 Å². The van der Waals surface area contributed by atoms with Crippen LogP contribution in [-0.2, 0) is 0 Å². The van der Waals surface area contributed by atoms with Crippen molar-refractivity contribution >= 4 is 27.3 Å². The molecule has 1 aliphatic rings. The standard InChI is InChI=1S/C10H14BrNS/c1-6-3-9(7(2)12-6)10-4-8(11)5-13-10/h4-7,9,12H,3H2,1-2H3. The molecule has 0 aliphatic carbocycles. The Morgan fingerprint density at radius 2 is 2.31 bits per heavy atom. The van der Waals surface area contributed by atoms with Gasteiger partial charge in [0.05, 0.1) is 0 Å². The molecule has 0 radical (unpaired) electrons. The fraction of sp³-hybridized carbons (Fsp3) is 0.600. The van der Waals surface area contributed by atoms with Crippen molar-refractivity contribution in [1.82, 2.24) is 5.32 Å². The predicted octanol–water partition coefficient (Wildman–Crippen LogP) is 3.36. The highest BCUT2D eigenvalue weighted by atomic mass is 79.9. The van der Waals surface area contributed by atoms with E-state index in [1.165, 1.54) is 15.8 Å². The third-order valence-electron chi connectivity index (χ3n) is 2.71. The molecular formula is C10H14BrNS. The van der Waals surface area contributed by atoms with Gasteiger partial charge in [-0.2, -0.15) is 0 Å². The lowest BCUT2D eigenvalue weighted by atomic mass is 9.99. The molecule has 1 aliphatic heterocycles. The first-order valence-electron chi connectivity index (χ1n) is 4.67. The Bertz CT molecular complexity index is 297. The molecule has 72 valence electrons. The molecule has 3 atom stereocenters. The maximum absolute atomic E-state index is 3.57. The highest BCUT2D eigenvalue weighted by Gasteiger charge is 2.29. The van der Waals surface area contributed by atoms with E-state index in [9.17, 15) is 0 Å². The topological polar surface area (TPSA) is 12.0 Å². The molecule has 1 saturated heterocycles. The fourth-order valence-electron chi connectivity index (χ4n) is 2.10. The summed E-state index contributed by atoms with van der Waals surface area (Å²) in [4.78, 5) is 1.51. The van der Waals surface area contributed by atoms with Gasteiger partial charge >= 0.3 is 0 Å². The number of nitrogens with one attached hydrogen (secondary N) is 1. The van der Waals surface area contributed by atoms with Crippen LogP contribution in [0.2, 0.25) is 0 Å². The molecule has 2 rings (SSSR count). The molecule has 1 nitrogen and oxygen atoms in total. The third-order valence-corrected chi connectivity index (χ3v) is 4.54.